The molecule has 0 radical (unpaired) electrons. The fraction of sp³-hybridized carbons (Fsp3) is 0.409. The Morgan fingerprint density at radius 2 is 1.82 bits per heavy atom. The third-order valence-electron chi connectivity index (χ3n) is 5.80. The fourth-order valence-electron chi connectivity index (χ4n) is 4.34. The molecule has 0 saturated carbocycles. The third kappa shape index (κ3) is 4.84. The third-order valence-corrected chi connectivity index (χ3v) is 7.68. The van der Waals surface area contributed by atoms with Crippen LogP contribution in [0.5, 0.6) is 0 Å². The summed E-state index contributed by atoms with van der Waals surface area (Å²) in [5.41, 5.74) is 1.80. The van der Waals surface area contributed by atoms with Gasteiger partial charge in [0.25, 0.3) is 0 Å². The number of nitrogens with one attached hydrogen (secondary N) is 2. The van der Waals surface area contributed by atoms with Crippen molar-refractivity contribution in [2.45, 2.75) is 31.1 Å². The lowest BCUT2D eigenvalue weighted by atomic mass is 9.62. The van der Waals surface area contributed by atoms with Crippen LogP contribution in [0.25, 0.3) is 0 Å². The predicted octanol–water partition coefficient (Wildman–Crippen LogP) is 4.97. The standard InChI is InChI=1S/C22H25Br2FN2O/c1-26-21(28)14-22(17-8-10-27-11-9-17,16-3-5-18(25)6-4-16)13-15-2-7-19(23)20(24)12-15/h2-7,12,17,27H,8-11,13-14H2,1H3,(H,26,28). The molecule has 0 aromatic heterocycles. The van der Waals surface area contributed by atoms with E-state index >= 15 is 0 Å². The lowest BCUT2D eigenvalue weighted by Gasteiger charge is -2.43. The SMILES string of the molecule is CNC(=O)CC(Cc1ccc(Br)c(Br)c1)(c1ccc(F)cc1)C1CCNCC1. The van der Waals surface area contributed by atoms with E-state index in [2.05, 4.69) is 54.6 Å². The Morgan fingerprint density at radius 1 is 1.14 bits per heavy atom. The van der Waals surface area contributed by atoms with E-state index in [1.54, 1.807) is 7.05 Å². The molecule has 6 heteroatoms. The average molecular weight is 512 g/mol. The Bertz CT molecular complexity index is 822. The van der Waals surface area contributed by atoms with Crippen molar-refractivity contribution < 1.29 is 9.18 Å². The summed E-state index contributed by atoms with van der Waals surface area (Å²) >= 11 is 7.12. The summed E-state index contributed by atoms with van der Waals surface area (Å²) in [7, 11) is 1.68. The molecule has 28 heavy (non-hydrogen) atoms. The van der Waals surface area contributed by atoms with Crippen LogP contribution >= 0.6 is 31.9 Å². The van der Waals surface area contributed by atoms with E-state index in [1.807, 2.05) is 18.2 Å². The zero-order valence-corrected chi connectivity index (χ0v) is 19.1. The molecule has 150 valence electrons. The van der Waals surface area contributed by atoms with Crippen LogP contribution in [0.1, 0.15) is 30.4 Å². The summed E-state index contributed by atoms with van der Waals surface area (Å²) in [6, 6.07) is 12.9. The zero-order valence-electron chi connectivity index (χ0n) is 15.9. The van der Waals surface area contributed by atoms with Crippen molar-refractivity contribution in [1.29, 1.82) is 0 Å². The molecule has 1 fully saturated rings. The van der Waals surface area contributed by atoms with Crippen molar-refractivity contribution in [1.82, 2.24) is 10.6 Å². The summed E-state index contributed by atoms with van der Waals surface area (Å²) < 4.78 is 15.7. The lowest BCUT2D eigenvalue weighted by molar-refractivity contribution is -0.122. The van der Waals surface area contributed by atoms with Gasteiger partial charge in [-0.25, -0.2) is 4.39 Å². The molecule has 3 rings (SSSR count). The second kappa shape index (κ2) is 9.51. The second-order valence-corrected chi connectivity index (χ2v) is 9.17. The predicted molar refractivity (Wildman–Crippen MR) is 118 cm³/mol. The van der Waals surface area contributed by atoms with Gasteiger partial charge in [-0.1, -0.05) is 18.2 Å². The smallest absolute Gasteiger partial charge is 0.220 e. The van der Waals surface area contributed by atoms with Gasteiger partial charge in [0.15, 0.2) is 0 Å². The average Bonchev–Trinajstić information content (AvgIpc) is 2.71. The number of carbonyl (C=O) groups excluding carboxylic acids is 1. The Balaban J connectivity index is 2.10. The van der Waals surface area contributed by atoms with Gasteiger partial charge in [-0.15, -0.1) is 0 Å². The maximum absolute atomic E-state index is 13.7. The van der Waals surface area contributed by atoms with Gasteiger partial charge in [-0.2, -0.15) is 0 Å². The van der Waals surface area contributed by atoms with Crippen LogP contribution in [0, 0.1) is 11.7 Å². The van der Waals surface area contributed by atoms with Crippen LogP contribution in [0.3, 0.4) is 0 Å². The van der Waals surface area contributed by atoms with Crippen molar-refractivity contribution in [2.75, 3.05) is 20.1 Å². The van der Waals surface area contributed by atoms with Crippen molar-refractivity contribution in [3.8, 4) is 0 Å². The lowest BCUT2D eigenvalue weighted by Crippen LogP contribution is -2.46. The summed E-state index contributed by atoms with van der Waals surface area (Å²) in [6.07, 6.45) is 3.09. The monoisotopic (exact) mass is 510 g/mol. The highest BCUT2D eigenvalue weighted by Crippen LogP contribution is 2.44. The van der Waals surface area contributed by atoms with E-state index < -0.39 is 0 Å². The number of hydrogen-bond donors (Lipinski definition) is 2. The Hall–Kier alpha value is -1.24. The molecular formula is C22H25Br2FN2O. The number of halogens is 3. The molecule has 2 N–H and O–H groups in total. The largest absolute Gasteiger partial charge is 0.359 e. The molecule has 0 spiro atoms. The number of rotatable bonds is 6. The summed E-state index contributed by atoms with van der Waals surface area (Å²) in [5, 5.41) is 6.22. The normalized spacial score (nSPS) is 17.1. The van der Waals surface area contributed by atoms with Crippen molar-refractivity contribution >= 4 is 37.8 Å². The summed E-state index contributed by atoms with van der Waals surface area (Å²) in [4.78, 5) is 12.6. The molecular weight excluding hydrogens is 487 g/mol. The van der Waals surface area contributed by atoms with Gasteiger partial charge in [-0.05, 0) is 106 Å². The molecule has 2 aromatic rings. The van der Waals surface area contributed by atoms with E-state index in [1.165, 1.54) is 12.1 Å². The van der Waals surface area contributed by atoms with Gasteiger partial charge >= 0.3 is 0 Å². The molecule has 1 aliphatic rings. The number of piperidine rings is 1. The van der Waals surface area contributed by atoms with Gasteiger partial charge in [0.05, 0.1) is 0 Å². The van der Waals surface area contributed by atoms with Crippen LogP contribution in [0.4, 0.5) is 4.39 Å². The van der Waals surface area contributed by atoms with Crippen LogP contribution in [-0.4, -0.2) is 26.0 Å². The van der Waals surface area contributed by atoms with Gasteiger partial charge in [0.1, 0.15) is 5.82 Å². The molecule has 1 atom stereocenters. The highest BCUT2D eigenvalue weighted by atomic mass is 79.9. The Kier molecular flexibility index (Phi) is 7.29. The first-order chi connectivity index (χ1) is 13.4. The van der Waals surface area contributed by atoms with Crippen LogP contribution in [0.2, 0.25) is 0 Å². The molecule has 3 nitrogen and oxygen atoms in total. The molecule has 1 saturated heterocycles. The first-order valence-electron chi connectivity index (χ1n) is 9.56. The number of hydrogen-bond acceptors (Lipinski definition) is 2. The highest BCUT2D eigenvalue weighted by molar-refractivity contribution is 9.13. The summed E-state index contributed by atoms with van der Waals surface area (Å²) in [5.74, 6) is 0.0901. The van der Waals surface area contributed by atoms with Crippen LogP contribution < -0.4 is 10.6 Å². The van der Waals surface area contributed by atoms with Crippen molar-refractivity contribution in [2.24, 2.45) is 5.92 Å². The quantitative estimate of drug-likeness (QED) is 0.575. The zero-order chi connectivity index (χ0) is 20.1. The molecule has 1 heterocycles. The molecule has 0 bridgehead atoms. The van der Waals surface area contributed by atoms with Gasteiger partial charge < -0.3 is 10.6 Å². The second-order valence-electron chi connectivity index (χ2n) is 7.46. The number of carbonyl (C=O) groups is 1. The first kappa shape index (κ1) is 21.5. The van der Waals surface area contributed by atoms with E-state index in [-0.39, 0.29) is 17.1 Å². The number of benzene rings is 2. The van der Waals surface area contributed by atoms with Gasteiger partial charge in [0, 0.05) is 27.8 Å². The maximum atomic E-state index is 13.7. The van der Waals surface area contributed by atoms with Crippen molar-refractivity contribution in [3.63, 3.8) is 0 Å². The Morgan fingerprint density at radius 3 is 2.43 bits per heavy atom. The highest BCUT2D eigenvalue weighted by Gasteiger charge is 2.42. The van der Waals surface area contributed by atoms with E-state index in [0.29, 0.717) is 12.3 Å². The van der Waals surface area contributed by atoms with Crippen LogP contribution in [0.15, 0.2) is 51.4 Å². The molecule has 1 aliphatic heterocycles. The molecule has 1 amide bonds. The minimum Gasteiger partial charge on any atom is -0.359 e. The van der Waals surface area contributed by atoms with Crippen molar-refractivity contribution in [3.05, 3.63) is 68.4 Å². The topological polar surface area (TPSA) is 41.1 Å². The van der Waals surface area contributed by atoms with E-state index in [0.717, 1.165) is 52.4 Å². The first-order valence-corrected chi connectivity index (χ1v) is 11.1. The van der Waals surface area contributed by atoms with E-state index in [4.69, 9.17) is 0 Å². The van der Waals surface area contributed by atoms with E-state index in [9.17, 15) is 9.18 Å². The minimum atomic E-state index is -0.386. The minimum absolute atomic E-state index is 0.0130. The molecule has 1 unspecified atom stereocenters. The molecule has 2 aromatic carbocycles. The molecule has 0 aliphatic carbocycles. The maximum Gasteiger partial charge on any atom is 0.220 e. The van der Waals surface area contributed by atoms with Crippen LogP contribution in [-0.2, 0) is 16.6 Å². The number of amides is 1. The van der Waals surface area contributed by atoms with Gasteiger partial charge in [0.2, 0.25) is 5.91 Å². The Labute approximate surface area is 182 Å². The van der Waals surface area contributed by atoms with Gasteiger partial charge in [-0.3, -0.25) is 4.79 Å². The summed E-state index contributed by atoms with van der Waals surface area (Å²) in [6.45, 7) is 1.87. The fourth-order valence-corrected chi connectivity index (χ4v) is 5.01.